The van der Waals surface area contributed by atoms with Gasteiger partial charge in [-0.25, -0.2) is 9.18 Å². The first kappa shape index (κ1) is 31.9. The number of carboxylic acids is 1. The molecule has 2 aromatic carbocycles. The number of piperazine rings is 1. The molecule has 1 aliphatic rings. The number of amides is 1. The second kappa shape index (κ2) is 12.3. The fraction of sp³-hybridized carbons (Fsp3) is 0.320. The molecule has 226 valence electrons. The summed E-state index contributed by atoms with van der Waals surface area (Å²) in [5.74, 6) is -2.07. The molecule has 17 heteroatoms. The molecule has 0 spiro atoms. The van der Waals surface area contributed by atoms with Crippen LogP contribution in [-0.2, 0) is 22.1 Å². The van der Waals surface area contributed by atoms with Crippen molar-refractivity contribution < 1.29 is 47.8 Å². The first-order chi connectivity index (χ1) is 19.6. The SMILES string of the molecule is CCn1cc(C(=O)O)c(=O)c2cc(F)c(N3CCN(C(=O)Sc4ccc(CC(P(=O)(O)O)P(=O)(O)O)cc4)CC3)cc21. The Morgan fingerprint density at radius 2 is 1.60 bits per heavy atom. The number of carboxylic acid groups (broad SMARTS) is 1. The number of aromatic carboxylic acids is 1. The third kappa shape index (κ3) is 6.95. The number of benzene rings is 2. The lowest BCUT2D eigenvalue weighted by atomic mass is 10.1. The molecule has 0 atom stereocenters. The van der Waals surface area contributed by atoms with E-state index < -0.39 is 49.8 Å². The van der Waals surface area contributed by atoms with E-state index in [0.29, 0.717) is 30.0 Å². The van der Waals surface area contributed by atoms with Crippen LogP contribution in [0.5, 0.6) is 0 Å². The summed E-state index contributed by atoms with van der Waals surface area (Å²) in [6.45, 7) is 3.26. The predicted octanol–water partition coefficient (Wildman–Crippen LogP) is 3.12. The summed E-state index contributed by atoms with van der Waals surface area (Å²) in [5.41, 5.74) is -0.304. The van der Waals surface area contributed by atoms with Gasteiger partial charge in [-0.3, -0.25) is 18.7 Å². The molecule has 4 rings (SSSR count). The first-order valence-corrected chi connectivity index (χ1v) is 16.8. The van der Waals surface area contributed by atoms with Crippen LogP contribution in [0.1, 0.15) is 22.8 Å². The minimum atomic E-state index is -5.06. The number of carbonyl (C=O) groups is 2. The van der Waals surface area contributed by atoms with Crippen LogP contribution in [0.15, 0.2) is 52.3 Å². The van der Waals surface area contributed by atoms with Gasteiger partial charge in [-0.1, -0.05) is 12.1 Å². The number of carbonyl (C=O) groups excluding carboxylic acids is 1. The normalized spacial score (nSPS) is 14.5. The Bertz CT molecular complexity index is 1660. The van der Waals surface area contributed by atoms with Gasteiger partial charge in [0, 0.05) is 49.2 Å². The third-order valence-corrected chi connectivity index (χ3v) is 11.6. The van der Waals surface area contributed by atoms with E-state index >= 15 is 4.39 Å². The Morgan fingerprint density at radius 3 is 2.12 bits per heavy atom. The molecule has 1 amide bonds. The van der Waals surface area contributed by atoms with Crippen molar-refractivity contribution in [3.8, 4) is 0 Å². The number of pyridine rings is 1. The molecular weight excluding hydrogens is 615 g/mol. The highest BCUT2D eigenvalue weighted by atomic mass is 32.2. The molecule has 1 fully saturated rings. The topological polar surface area (TPSA) is 198 Å². The molecule has 5 N–H and O–H groups in total. The Labute approximate surface area is 242 Å². The summed E-state index contributed by atoms with van der Waals surface area (Å²) in [6, 6.07) is 8.45. The van der Waals surface area contributed by atoms with Crippen LogP contribution >= 0.6 is 27.0 Å². The Hall–Kier alpha value is -3.03. The second-order valence-electron chi connectivity index (χ2n) is 9.63. The molecule has 0 bridgehead atoms. The molecule has 0 saturated carbocycles. The maximum atomic E-state index is 15.1. The van der Waals surface area contributed by atoms with Gasteiger partial charge < -0.3 is 39.0 Å². The lowest BCUT2D eigenvalue weighted by molar-refractivity contribution is 0.0694. The molecule has 0 unspecified atom stereocenters. The zero-order valence-corrected chi connectivity index (χ0v) is 24.8. The van der Waals surface area contributed by atoms with Crippen molar-refractivity contribution >= 4 is 54.8 Å². The van der Waals surface area contributed by atoms with Crippen molar-refractivity contribution in [2.45, 2.75) is 30.2 Å². The first-order valence-electron chi connectivity index (χ1n) is 12.6. The van der Waals surface area contributed by atoms with E-state index in [2.05, 4.69) is 0 Å². The standard InChI is InChI=1S/C25H28FN3O10P2S/c1-2-27-14-18(24(31)32)23(30)17-12-19(26)21(13-20(17)27)28-7-9-29(10-8-28)25(33)42-16-5-3-15(4-6-16)11-22(40(34,35)36)41(37,38)39/h3-6,12-14,22H,2,7-11H2,1H3,(H,31,32)(H2,34,35,36)(H2,37,38,39). The summed E-state index contributed by atoms with van der Waals surface area (Å²) >= 11 is 0.902. The number of anilines is 1. The van der Waals surface area contributed by atoms with Crippen LogP contribution in [-0.4, -0.2) is 76.9 Å². The predicted molar refractivity (Wildman–Crippen MR) is 154 cm³/mol. The van der Waals surface area contributed by atoms with Gasteiger partial charge in [-0.2, -0.15) is 0 Å². The van der Waals surface area contributed by atoms with Gasteiger partial charge in [0.2, 0.25) is 5.43 Å². The smallest absolute Gasteiger partial charge is 0.341 e. The minimum absolute atomic E-state index is 0.0341. The van der Waals surface area contributed by atoms with E-state index in [1.54, 1.807) is 21.3 Å². The van der Waals surface area contributed by atoms with Crippen molar-refractivity contribution in [1.29, 1.82) is 0 Å². The van der Waals surface area contributed by atoms with Crippen LogP contribution in [0.4, 0.5) is 14.9 Å². The Kier molecular flexibility index (Phi) is 9.34. The highest BCUT2D eigenvalue weighted by Crippen LogP contribution is 2.60. The second-order valence-corrected chi connectivity index (χ2v) is 14.7. The number of nitrogens with zero attached hydrogens (tertiary/aromatic N) is 3. The van der Waals surface area contributed by atoms with E-state index in [9.17, 15) is 48.2 Å². The van der Waals surface area contributed by atoms with Crippen LogP contribution in [0.2, 0.25) is 0 Å². The van der Waals surface area contributed by atoms with Crippen LogP contribution in [0.25, 0.3) is 10.9 Å². The van der Waals surface area contributed by atoms with Crippen LogP contribution in [0.3, 0.4) is 0 Å². The molecule has 1 saturated heterocycles. The van der Waals surface area contributed by atoms with Crippen LogP contribution in [0, 0.1) is 5.82 Å². The van der Waals surface area contributed by atoms with Crippen molar-refractivity contribution in [2.75, 3.05) is 31.1 Å². The lowest BCUT2D eigenvalue weighted by Crippen LogP contribution is -2.48. The molecule has 2 heterocycles. The number of thioether (sulfide) groups is 1. The number of halogens is 1. The Morgan fingerprint density at radius 1 is 1.00 bits per heavy atom. The van der Waals surface area contributed by atoms with E-state index in [4.69, 9.17) is 0 Å². The summed E-state index contributed by atoms with van der Waals surface area (Å²) in [6.07, 6.45) is 0.693. The zero-order valence-electron chi connectivity index (χ0n) is 22.2. The maximum Gasteiger partial charge on any atom is 0.341 e. The molecule has 13 nitrogen and oxygen atoms in total. The number of aryl methyl sites for hydroxylation is 1. The minimum Gasteiger partial charge on any atom is -0.477 e. The summed E-state index contributed by atoms with van der Waals surface area (Å²) in [5, 5.41) is 6.85. The number of rotatable bonds is 8. The average Bonchev–Trinajstić information content (AvgIpc) is 2.91. The number of hydrogen-bond donors (Lipinski definition) is 5. The number of aromatic nitrogens is 1. The third-order valence-electron chi connectivity index (χ3n) is 6.92. The zero-order chi connectivity index (χ0) is 31.0. The summed E-state index contributed by atoms with van der Waals surface area (Å²) in [4.78, 5) is 78.0. The fourth-order valence-corrected chi connectivity index (χ4v) is 7.94. The van der Waals surface area contributed by atoms with Gasteiger partial charge in [0.15, 0.2) is 5.40 Å². The van der Waals surface area contributed by atoms with Gasteiger partial charge >= 0.3 is 21.2 Å². The average molecular weight is 644 g/mol. The van der Waals surface area contributed by atoms with Gasteiger partial charge in [-0.15, -0.1) is 0 Å². The lowest BCUT2D eigenvalue weighted by Gasteiger charge is -2.36. The summed E-state index contributed by atoms with van der Waals surface area (Å²) < 4.78 is 39.8. The molecule has 0 aliphatic carbocycles. The van der Waals surface area contributed by atoms with Crippen LogP contribution < -0.4 is 10.3 Å². The summed E-state index contributed by atoms with van der Waals surface area (Å²) in [7, 11) is -10.1. The molecule has 1 aliphatic heterocycles. The van der Waals surface area contributed by atoms with Crippen molar-refractivity contribution in [2.24, 2.45) is 0 Å². The van der Waals surface area contributed by atoms with Gasteiger partial charge in [-0.05, 0) is 54.9 Å². The van der Waals surface area contributed by atoms with E-state index in [1.807, 2.05) is 0 Å². The monoisotopic (exact) mass is 643 g/mol. The van der Waals surface area contributed by atoms with Crippen molar-refractivity contribution in [3.05, 3.63) is 69.8 Å². The van der Waals surface area contributed by atoms with Gasteiger partial charge in [0.05, 0.1) is 11.2 Å². The number of fused-ring (bicyclic) bond motifs is 1. The van der Waals surface area contributed by atoms with Gasteiger partial charge in [0.25, 0.3) is 5.24 Å². The molecule has 3 aromatic rings. The van der Waals surface area contributed by atoms with E-state index in [-0.39, 0.29) is 35.0 Å². The Balaban J connectivity index is 1.42. The quantitative estimate of drug-likeness (QED) is 0.178. The number of hydrogen-bond acceptors (Lipinski definition) is 7. The largest absolute Gasteiger partial charge is 0.477 e. The molecule has 42 heavy (non-hydrogen) atoms. The molecule has 1 aromatic heterocycles. The van der Waals surface area contributed by atoms with E-state index in [1.165, 1.54) is 36.5 Å². The highest BCUT2D eigenvalue weighted by molar-refractivity contribution is 8.13. The highest BCUT2D eigenvalue weighted by Gasteiger charge is 2.43. The van der Waals surface area contributed by atoms with Crippen molar-refractivity contribution in [1.82, 2.24) is 9.47 Å². The fourth-order valence-electron chi connectivity index (χ4n) is 4.69. The maximum absolute atomic E-state index is 15.1. The van der Waals surface area contributed by atoms with E-state index in [0.717, 1.165) is 17.8 Å². The van der Waals surface area contributed by atoms with Crippen molar-refractivity contribution in [3.63, 3.8) is 0 Å². The molecule has 0 radical (unpaired) electrons. The van der Waals surface area contributed by atoms with Gasteiger partial charge in [0.1, 0.15) is 11.4 Å². The molecular formula is C25H28FN3O10P2S.